The van der Waals surface area contributed by atoms with Crippen molar-refractivity contribution >= 4 is 11.8 Å². The first-order valence-corrected chi connectivity index (χ1v) is 7.42. The number of hydrogen-bond acceptors (Lipinski definition) is 2. The number of hydrogen-bond donors (Lipinski definition) is 1. The summed E-state index contributed by atoms with van der Waals surface area (Å²) in [5, 5.41) is 2.98. The molecule has 1 aliphatic carbocycles. The molecule has 1 aliphatic heterocycles. The first kappa shape index (κ1) is 14.8. The molecule has 4 heteroatoms. The SMILES string of the molecule is C=CC(=O)NC1(C)CCN(C(=O)[C@H]2CC=CCC2)CC1. The Kier molecular flexibility index (Phi) is 4.63. The first-order chi connectivity index (χ1) is 9.54. The zero-order valence-electron chi connectivity index (χ0n) is 12.2. The van der Waals surface area contributed by atoms with Gasteiger partial charge >= 0.3 is 0 Å². The van der Waals surface area contributed by atoms with Gasteiger partial charge in [0.2, 0.25) is 11.8 Å². The molecule has 0 saturated carbocycles. The third-order valence-electron chi connectivity index (χ3n) is 4.41. The summed E-state index contributed by atoms with van der Waals surface area (Å²) < 4.78 is 0. The van der Waals surface area contributed by atoms with E-state index in [1.165, 1.54) is 6.08 Å². The van der Waals surface area contributed by atoms with Gasteiger partial charge in [-0.3, -0.25) is 9.59 Å². The topological polar surface area (TPSA) is 49.4 Å². The van der Waals surface area contributed by atoms with Crippen LogP contribution in [0.5, 0.6) is 0 Å². The highest BCUT2D eigenvalue weighted by molar-refractivity contribution is 5.87. The molecular weight excluding hydrogens is 252 g/mol. The largest absolute Gasteiger partial charge is 0.347 e. The number of carbonyl (C=O) groups excluding carboxylic acids is 2. The van der Waals surface area contributed by atoms with Crippen molar-refractivity contribution in [1.82, 2.24) is 10.2 Å². The molecule has 4 nitrogen and oxygen atoms in total. The summed E-state index contributed by atoms with van der Waals surface area (Å²) in [5.41, 5.74) is -0.214. The maximum Gasteiger partial charge on any atom is 0.243 e. The van der Waals surface area contributed by atoms with Crippen LogP contribution in [0.15, 0.2) is 24.8 Å². The smallest absolute Gasteiger partial charge is 0.243 e. The summed E-state index contributed by atoms with van der Waals surface area (Å²) >= 11 is 0. The monoisotopic (exact) mass is 276 g/mol. The van der Waals surface area contributed by atoms with E-state index >= 15 is 0 Å². The summed E-state index contributed by atoms with van der Waals surface area (Å²) in [6.45, 7) is 6.98. The Morgan fingerprint density at radius 1 is 1.35 bits per heavy atom. The van der Waals surface area contributed by atoms with E-state index < -0.39 is 0 Å². The molecule has 1 N–H and O–H groups in total. The fourth-order valence-corrected chi connectivity index (χ4v) is 2.97. The number of carbonyl (C=O) groups is 2. The number of nitrogens with one attached hydrogen (secondary N) is 1. The van der Waals surface area contributed by atoms with Gasteiger partial charge in [-0.15, -0.1) is 0 Å². The second-order valence-electron chi connectivity index (χ2n) is 6.06. The van der Waals surface area contributed by atoms with Crippen LogP contribution in [0.25, 0.3) is 0 Å². The molecule has 2 rings (SSSR count). The Hall–Kier alpha value is -1.58. The zero-order valence-corrected chi connectivity index (χ0v) is 12.2. The highest BCUT2D eigenvalue weighted by atomic mass is 16.2. The van der Waals surface area contributed by atoms with Crippen molar-refractivity contribution in [2.45, 2.75) is 44.6 Å². The van der Waals surface area contributed by atoms with Gasteiger partial charge in [0, 0.05) is 24.5 Å². The van der Waals surface area contributed by atoms with Crippen molar-refractivity contribution in [3.63, 3.8) is 0 Å². The van der Waals surface area contributed by atoms with Crippen LogP contribution in [-0.2, 0) is 9.59 Å². The Bertz CT molecular complexity index is 420. The van der Waals surface area contributed by atoms with Crippen molar-refractivity contribution in [3.8, 4) is 0 Å². The molecule has 0 spiro atoms. The van der Waals surface area contributed by atoms with Crippen LogP contribution in [0.2, 0.25) is 0 Å². The van der Waals surface area contributed by atoms with E-state index in [0.717, 1.165) is 45.2 Å². The van der Waals surface area contributed by atoms with E-state index in [-0.39, 0.29) is 23.3 Å². The van der Waals surface area contributed by atoms with Crippen LogP contribution in [0.3, 0.4) is 0 Å². The van der Waals surface area contributed by atoms with E-state index in [1.54, 1.807) is 0 Å². The van der Waals surface area contributed by atoms with E-state index in [9.17, 15) is 9.59 Å². The molecule has 1 atom stereocenters. The fraction of sp³-hybridized carbons (Fsp3) is 0.625. The van der Waals surface area contributed by atoms with Gasteiger partial charge in [0.25, 0.3) is 0 Å². The molecule has 2 amide bonds. The molecule has 1 saturated heterocycles. The molecule has 0 aromatic rings. The molecule has 2 aliphatic rings. The molecule has 0 bridgehead atoms. The summed E-state index contributed by atoms with van der Waals surface area (Å²) in [6, 6.07) is 0. The van der Waals surface area contributed by atoms with Gasteiger partial charge < -0.3 is 10.2 Å². The number of likely N-dealkylation sites (tertiary alicyclic amines) is 1. The minimum atomic E-state index is -0.214. The zero-order chi connectivity index (χ0) is 14.6. The standard InChI is InChI=1S/C16H24N2O2/c1-3-14(19)17-16(2)9-11-18(12-10-16)15(20)13-7-5-4-6-8-13/h3-5,13H,1,6-12H2,2H3,(H,17,19)/t13-/m0/s1. The lowest BCUT2D eigenvalue weighted by atomic mass is 9.87. The second kappa shape index (κ2) is 6.25. The Morgan fingerprint density at radius 2 is 2.05 bits per heavy atom. The molecule has 1 fully saturated rings. The number of nitrogens with zero attached hydrogens (tertiary/aromatic N) is 1. The summed E-state index contributed by atoms with van der Waals surface area (Å²) in [5.74, 6) is 0.309. The Morgan fingerprint density at radius 3 is 2.60 bits per heavy atom. The summed E-state index contributed by atoms with van der Waals surface area (Å²) in [7, 11) is 0. The normalized spacial score (nSPS) is 25.1. The molecule has 1 heterocycles. The van der Waals surface area contributed by atoms with Gasteiger partial charge in [-0.2, -0.15) is 0 Å². The predicted octanol–water partition coefficient (Wildman–Crippen LogP) is 2.03. The van der Waals surface area contributed by atoms with Crippen LogP contribution in [0, 0.1) is 5.92 Å². The van der Waals surface area contributed by atoms with Crippen LogP contribution >= 0.6 is 0 Å². The fourth-order valence-electron chi connectivity index (χ4n) is 2.97. The van der Waals surface area contributed by atoms with Crippen molar-refractivity contribution in [1.29, 1.82) is 0 Å². The van der Waals surface area contributed by atoms with Crippen molar-refractivity contribution in [2.24, 2.45) is 5.92 Å². The van der Waals surface area contributed by atoms with Crippen molar-refractivity contribution in [2.75, 3.05) is 13.1 Å². The average molecular weight is 276 g/mol. The Labute approximate surface area is 120 Å². The van der Waals surface area contributed by atoms with Crippen molar-refractivity contribution in [3.05, 3.63) is 24.8 Å². The number of allylic oxidation sites excluding steroid dienone is 2. The maximum absolute atomic E-state index is 12.4. The van der Waals surface area contributed by atoms with Crippen LogP contribution in [0.4, 0.5) is 0 Å². The molecule has 110 valence electrons. The molecular formula is C16H24N2O2. The lowest BCUT2D eigenvalue weighted by Gasteiger charge is -2.41. The molecule has 20 heavy (non-hydrogen) atoms. The molecule has 0 aromatic carbocycles. The van der Waals surface area contributed by atoms with Crippen molar-refractivity contribution < 1.29 is 9.59 Å². The average Bonchev–Trinajstić information content (AvgIpc) is 2.48. The van der Waals surface area contributed by atoms with Gasteiger partial charge in [-0.25, -0.2) is 0 Å². The third kappa shape index (κ3) is 3.50. The lowest BCUT2D eigenvalue weighted by molar-refractivity contribution is -0.137. The predicted molar refractivity (Wildman–Crippen MR) is 79.0 cm³/mol. The van der Waals surface area contributed by atoms with Gasteiger partial charge in [0.1, 0.15) is 0 Å². The first-order valence-electron chi connectivity index (χ1n) is 7.42. The highest BCUT2D eigenvalue weighted by Crippen LogP contribution is 2.26. The van der Waals surface area contributed by atoms with Crippen LogP contribution in [-0.4, -0.2) is 35.3 Å². The minimum Gasteiger partial charge on any atom is -0.347 e. The lowest BCUT2D eigenvalue weighted by Crippen LogP contribution is -2.54. The van der Waals surface area contributed by atoms with Gasteiger partial charge in [0.15, 0.2) is 0 Å². The summed E-state index contributed by atoms with van der Waals surface area (Å²) in [6.07, 6.45) is 10.0. The van der Waals surface area contributed by atoms with Crippen LogP contribution in [0.1, 0.15) is 39.0 Å². The number of amides is 2. The van der Waals surface area contributed by atoms with E-state index in [4.69, 9.17) is 0 Å². The maximum atomic E-state index is 12.4. The van der Waals surface area contributed by atoms with E-state index in [0.29, 0.717) is 0 Å². The molecule has 0 aromatic heterocycles. The Balaban J connectivity index is 1.87. The van der Waals surface area contributed by atoms with Gasteiger partial charge in [-0.1, -0.05) is 18.7 Å². The van der Waals surface area contributed by atoms with Gasteiger partial charge in [-0.05, 0) is 45.1 Å². The van der Waals surface area contributed by atoms with E-state index in [1.807, 2.05) is 11.8 Å². The van der Waals surface area contributed by atoms with E-state index in [2.05, 4.69) is 24.0 Å². The number of piperidine rings is 1. The molecule has 0 radical (unpaired) electrons. The third-order valence-corrected chi connectivity index (χ3v) is 4.41. The van der Waals surface area contributed by atoms with Gasteiger partial charge in [0.05, 0.1) is 0 Å². The second-order valence-corrected chi connectivity index (χ2v) is 6.06. The van der Waals surface area contributed by atoms with Crippen LogP contribution < -0.4 is 5.32 Å². The molecule has 0 unspecified atom stereocenters. The highest BCUT2D eigenvalue weighted by Gasteiger charge is 2.34. The quantitative estimate of drug-likeness (QED) is 0.633. The summed E-state index contributed by atoms with van der Waals surface area (Å²) in [4.78, 5) is 25.8. The number of rotatable bonds is 3. The minimum absolute atomic E-state index is 0.135.